The predicted octanol–water partition coefficient (Wildman–Crippen LogP) is 3.14. The number of hydrogen-bond donors (Lipinski definition) is 1. The van der Waals surface area contributed by atoms with Gasteiger partial charge in [-0.3, -0.25) is 14.4 Å². The minimum atomic E-state index is -0.299. The zero-order chi connectivity index (χ0) is 18.6. The van der Waals surface area contributed by atoms with Crippen LogP contribution >= 0.6 is 0 Å². The zero-order valence-corrected chi connectivity index (χ0v) is 16.3. The first-order valence-electron chi connectivity index (χ1n) is 8.88. The largest absolute Gasteiger partial charge is 0.350 e. The molecule has 25 heavy (non-hydrogen) atoms. The van der Waals surface area contributed by atoms with E-state index in [1.807, 2.05) is 61.8 Å². The summed E-state index contributed by atoms with van der Waals surface area (Å²) in [6.45, 7) is 9.68. The smallest absolute Gasteiger partial charge is 0.242 e. The molecule has 5 nitrogen and oxygen atoms in total. The van der Waals surface area contributed by atoms with Crippen LogP contribution in [0.3, 0.4) is 0 Å². The van der Waals surface area contributed by atoms with Crippen molar-refractivity contribution >= 4 is 5.91 Å². The number of carbonyl (C=O) groups excluding carboxylic acids is 1. The maximum atomic E-state index is 12.8. The van der Waals surface area contributed by atoms with Gasteiger partial charge in [0.25, 0.3) is 0 Å². The number of nitrogens with zero attached hydrogens (tertiary/aromatic N) is 3. The Kier molecular flexibility index (Phi) is 6.37. The lowest BCUT2D eigenvalue weighted by Gasteiger charge is -2.24. The van der Waals surface area contributed by atoms with Gasteiger partial charge >= 0.3 is 0 Å². The molecule has 0 saturated heterocycles. The number of nitrogens with one attached hydrogen (secondary N) is 1. The van der Waals surface area contributed by atoms with Crippen LogP contribution in [0.5, 0.6) is 0 Å². The van der Waals surface area contributed by atoms with E-state index in [4.69, 9.17) is 0 Å². The van der Waals surface area contributed by atoms with Crippen LogP contribution in [0.4, 0.5) is 0 Å². The molecule has 1 aromatic heterocycles. The molecule has 0 saturated carbocycles. The molecule has 1 heterocycles. The van der Waals surface area contributed by atoms with Crippen LogP contribution in [0.25, 0.3) is 0 Å². The minimum absolute atomic E-state index is 0.0101. The summed E-state index contributed by atoms with van der Waals surface area (Å²) in [7, 11) is 3.86. The minimum Gasteiger partial charge on any atom is -0.350 e. The van der Waals surface area contributed by atoms with Gasteiger partial charge in [-0.2, -0.15) is 5.10 Å². The van der Waals surface area contributed by atoms with Gasteiger partial charge in [0.2, 0.25) is 5.91 Å². The van der Waals surface area contributed by atoms with Crippen LogP contribution in [0.15, 0.2) is 24.3 Å². The van der Waals surface area contributed by atoms with Crippen molar-refractivity contribution in [3.63, 3.8) is 0 Å². The van der Waals surface area contributed by atoms with Crippen LogP contribution in [-0.2, 0) is 17.9 Å². The fourth-order valence-electron chi connectivity index (χ4n) is 3.12. The highest BCUT2D eigenvalue weighted by Crippen LogP contribution is 2.20. The molecular weight excluding hydrogens is 312 g/mol. The highest BCUT2D eigenvalue weighted by molar-refractivity contribution is 5.83. The molecule has 1 N–H and O–H groups in total. The van der Waals surface area contributed by atoms with E-state index in [-0.39, 0.29) is 11.9 Å². The SMILES string of the molecule is CCCn1nc(C)c(CNC(=O)C(c2ccc(C)cc2)N(C)C)c1C. The molecule has 2 aromatic rings. The number of hydrogen-bond acceptors (Lipinski definition) is 3. The van der Waals surface area contributed by atoms with Gasteiger partial charge < -0.3 is 5.32 Å². The summed E-state index contributed by atoms with van der Waals surface area (Å²) in [6, 6.07) is 7.83. The predicted molar refractivity (Wildman–Crippen MR) is 101 cm³/mol. The lowest BCUT2D eigenvalue weighted by Crippen LogP contribution is -2.36. The molecule has 0 spiro atoms. The molecule has 0 fully saturated rings. The van der Waals surface area contributed by atoms with E-state index in [2.05, 4.69) is 24.3 Å². The molecule has 0 radical (unpaired) electrons. The number of benzene rings is 1. The lowest BCUT2D eigenvalue weighted by atomic mass is 10.0. The Morgan fingerprint density at radius 1 is 1.20 bits per heavy atom. The maximum absolute atomic E-state index is 12.8. The summed E-state index contributed by atoms with van der Waals surface area (Å²) in [4.78, 5) is 14.8. The van der Waals surface area contributed by atoms with Crippen LogP contribution in [-0.4, -0.2) is 34.7 Å². The lowest BCUT2D eigenvalue weighted by molar-refractivity contribution is -0.125. The standard InChI is InChI=1S/C20H30N4O/c1-7-12-24-16(4)18(15(3)22-24)13-21-20(25)19(23(5)6)17-10-8-14(2)9-11-17/h8-11,19H,7,12-13H2,1-6H3,(H,21,25). The summed E-state index contributed by atoms with van der Waals surface area (Å²) < 4.78 is 2.03. The van der Waals surface area contributed by atoms with Gasteiger partial charge in [-0.05, 0) is 46.9 Å². The molecule has 1 amide bonds. The number of aromatic nitrogens is 2. The summed E-state index contributed by atoms with van der Waals surface area (Å²) in [5, 5.41) is 7.68. The van der Waals surface area contributed by atoms with Crippen molar-refractivity contribution in [1.82, 2.24) is 20.0 Å². The Labute approximate surface area is 151 Å². The number of carbonyl (C=O) groups is 1. The first kappa shape index (κ1) is 19.2. The van der Waals surface area contributed by atoms with Gasteiger partial charge in [0.1, 0.15) is 6.04 Å². The van der Waals surface area contributed by atoms with Crippen molar-refractivity contribution in [2.75, 3.05) is 14.1 Å². The molecule has 136 valence electrons. The molecule has 0 aliphatic heterocycles. The molecule has 0 bridgehead atoms. The highest BCUT2D eigenvalue weighted by Gasteiger charge is 2.23. The molecule has 1 aromatic carbocycles. The van der Waals surface area contributed by atoms with Crippen molar-refractivity contribution in [2.24, 2.45) is 0 Å². The topological polar surface area (TPSA) is 50.2 Å². The maximum Gasteiger partial charge on any atom is 0.242 e. The van der Waals surface area contributed by atoms with Crippen LogP contribution in [0.1, 0.15) is 47.5 Å². The van der Waals surface area contributed by atoms with Gasteiger partial charge in [-0.15, -0.1) is 0 Å². The Balaban J connectivity index is 2.13. The average Bonchev–Trinajstić information content (AvgIpc) is 2.81. The molecular formula is C20H30N4O. The van der Waals surface area contributed by atoms with Crippen LogP contribution in [0, 0.1) is 20.8 Å². The highest BCUT2D eigenvalue weighted by atomic mass is 16.2. The van der Waals surface area contributed by atoms with Crippen molar-refractivity contribution in [1.29, 1.82) is 0 Å². The van der Waals surface area contributed by atoms with E-state index >= 15 is 0 Å². The second-order valence-corrected chi connectivity index (χ2v) is 6.87. The van der Waals surface area contributed by atoms with E-state index in [1.54, 1.807) is 0 Å². The Morgan fingerprint density at radius 2 is 1.84 bits per heavy atom. The number of rotatable bonds is 7. The molecule has 0 aliphatic carbocycles. The van der Waals surface area contributed by atoms with Gasteiger partial charge in [-0.25, -0.2) is 0 Å². The Hall–Kier alpha value is -2.14. The molecule has 0 aliphatic rings. The Bertz CT molecular complexity index is 716. The number of amides is 1. The second-order valence-electron chi connectivity index (χ2n) is 6.87. The third-order valence-electron chi connectivity index (χ3n) is 4.56. The van der Waals surface area contributed by atoms with Gasteiger partial charge in [0, 0.05) is 24.3 Å². The number of aryl methyl sites for hydroxylation is 3. The quantitative estimate of drug-likeness (QED) is 0.841. The number of likely N-dealkylation sites (N-methyl/N-ethyl adjacent to an activating group) is 1. The fourth-order valence-corrected chi connectivity index (χ4v) is 3.12. The van der Waals surface area contributed by atoms with Crippen molar-refractivity contribution in [3.8, 4) is 0 Å². The molecule has 1 unspecified atom stereocenters. The molecule has 5 heteroatoms. The molecule has 1 atom stereocenters. The summed E-state index contributed by atoms with van der Waals surface area (Å²) in [5.41, 5.74) is 5.43. The summed E-state index contributed by atoms with van der Waals surface area (Å²) in [5.74, 6) is 0.0101. The normalized spacial score (nSPS) is 12.4. The second kappa shape index (κ2) is 8.30. The van der Waals surface area contributed by atoms with Crippen molar-refractivity contribution < 1.29 is 4.79 Å². The Morgan fingerprint density at radius 3 is 2.40 bits per heavy atom. The zero-order valence-electron chi connectivity index (χ0n) is 16.3. The van der Waals surface area contributed by atoms with Gasteiger partial charge in [-0.1, -0.05) is 36.8 Å². The first-order valence-corrected chi connectivity index (χ1v) is 8.88. The average molecular weight is 342 g/mol. The fraction of sp³-hybridized carbons (Fsp3) is 0.500. The van der Waals surface area contributed by atoms with E-state index in [9.17, 15) is 4.79 Å². The van der Waals surface area contributed by atoms with E-state index in [0.29, 0.717) is 6.54 Å². The third kappa shape index (κ3) is 4.48. The van der Waals surface area contributed by atoms with Gasteiger partial charge in [0.15, 0.2) is 0 Å². The van der Waals surface area contributed by atoms with Crippen LogP contribution in [0.2, 0.25) is 0 Å². The van der Waals surface area contributed by atoms with E-state index in [0.717, 1.165) is 35.5 Å². The third-order valence-corrected chi connectivity index (χ3v) is 4.56. The van der Waals surface area contributed by atoms with E-state index in [1.165, 1.54) is 5.56 Å². The van der Waals surface area contributed by atoms with E-state index < -0.39 is 0 Å². The monoisotopic (exact) mass is 342 g/mol. The van der Waals surface area contributed by atoms with Crippen LogP contribution < -0.4 is 5.32 Å². The van der Waals surface area contributed by atoms with Crippen molar-refractivity contribution in [2.45, 2.75) is 53.2 Å². The summed E-state index contributed by atoms with van der Waals surface area (Å²) >= 11 is 0. The first-order chi connectivity index (χ1) is 11.8. The molecule has 2 rings (SSSR count). The van der Waals surface area contributed by atoms with Crippen molar-refractivity contribution in [3.05, 3.63) is 52.3 Å². The van der Waals surface area contributed by atoms with Gasteiger partial charge in [0.05, 0.1) is 5.69 Å². The summed E-state index contributed by atoms with van der Waals surface area (Å²) in [6.07, 6.45) is 1.05.